The van der Waals surface area contributed by atoms with E-state index in [1.165, 1.54) is 26.2 Å². The van der Waals surface area contributed by atoms with Crippen LogP contribution in [0.2, 0.25) is 0 Å². The second-order valence-corrected chi connectivity index (χ2v) is 7.02. The number of benzene rings is 1. The molecule has 11 nitrogen and oxygen atoms in total. The standard InChI is InChI=1S/C16H18FIN4O7/c1-21-13(19-11-4-3-8(18)5-10(11)17)12(14(25)22(2)16(21)27)29-15(26)20-28-7-9(24)6-23/h3-5,9,19,23-24H,6-7H2,1-2H3,(H,20,26)/t9-/m0/s1. The number of hydroxylamine groups is 1. The van der Waals surface area contributed by atoms with Crippen LogP contribution in [0.15, 0.2) is 27.8 Å². The van der Waals surface area contributed by atoms with E-state index in [2.05, 4.69) is 10.2 Å². The first kappa shape index (κ1) is 22.8. The van der Waals surface area contributed by atoms with Gasteiger partial charge in [0.1, 0.15) is 18.5 Å². The van der Waals surface area contributed by atoms with Gasteiger partial charge in [0.15, 0.2) is 5.82 Å². The van der Waals surface area contributed by atoms with Crippen molar-refractivity contribution in [3.05, 3.63) is 48.4 Å². The van der Waals surface area contributed by atoms with Crippen molar-refractivity contribution >= 4 is 40.2 Å². The number of aliphatic hydroxyl groups excluding tert-OH is 2. The van der Waals surface area contributed by atoms with Crippen LogP contribution in [0, 0.1) is 9.39 Å². The average Bonchev–Trinajstić information content (AvgIpc) is 2.68. The molecule has 13 heteroatoms. The number of anilines is 2. The van der Waals surface area contributed by atoms with E-state index in [1.807, 2.05) is 28.1 Å². The van der Waals surface area contributed by atoms with Crippen molar-refractivity contribution in [1.29, 1.82) is 0 Å². The molecule has 0 aliphatic rings. The summed E-state index contributed by atoms with van der Waals surface area (Å²) < 4.78 is 21.4. The number of aliphatic hydroxyl groups is 2. The van der Waals surface area contributed by atoms with E-state index >= 15 is 0 Å². The van der Waals surface area contributed by atoms with Gasteiger partial charge >= 0.3 is 17.3 Å². The number of amides is 1. The van der Waals surface area contributed by atoms with E-state index in [4.69, 9.17) is 14.9 Å². The Morgan fingerprint density at radius 1 is 1.31 bits per heavy atom. The number of ether oxygens (including phenoxy) is 1. The monoisotopic (exact) mass is 524 g/mol. The van der Waals surface area contributed by atoms with Crippen molar-refractivity contribution < 1.29 is 29.0 Å². The SMILES string of the molecule is Cn1c(Nc2ccc(I)cc2F)c(OC(=O)NOC[C@@H](O)CO)c(=O)n(C)c1=O. The normalized spacial score (nSPS) is 11.8. The molecule has 1 aromatic carbocycles. The number of carbonyl (C=O) groups is 1. The molecule has 0 saturated heterocycles. The lowest BCUT2D eigenvalue weighted by Gasteiger charge is -2.17. The van der Waals surface area contributed by atoms with Gasteiger partial charge in [-0.25, -0.2) is 14.0 Å². The molecule has 0 saturated carbocycles. The molecule has 1 aromatic heterocycles. The first-order valence-corrected chi connectivity index (χ1v) is 9.14. The number of aromatic nitrogens is 2. The number of rotatable bonds is 7. The summed E-state index contributed by atoms with van der Waals surface area (Å²) in [6.07, 6.45) is -2.47. The van der Waals surface area contributed by atoms with Crippen LogP contribution in [0.1, 0.15) is 0 Å². The molecule has 4 N–H and O–H groups in total. The largest absolute Gasteiger partial charge is 0.437 e. The molecular weight excluding hydrogens is 506 g/mol. The van der Waals surface area contributed by atoms with Crippen LogP contribution in [0.5, 0.6) is 5.75 Å². The van der Waals surface area contributed by atoms with Crippen LogP contribution in [0.25, 0.3) is 0 Å². The molecule has 0 aliphatic carbocycles. The molecule has 29 heavy (non-hydrogen) atoms. The fraction of sp³-hybridized carbons (Fsp3) is 0.312. The molecule has 2 aromatic rings. The Labute approximate surface area is 176 Å². The van der Waals surface area contributed by atoms with E-state index in [9.17, 15) is 18.8 Å². The maximum Gasteiger partial charge on any atom is 0.437 e. The van der Waals surface area contributed by atoms with Gasteiger partial charge in [-0.15, -0.1) is 0 Å². The van der Waals surface area contributed by atoms with Crippen molar-refractivity contribution in [2.75, 3.05) is 18.5 Å². The molecule has 1 heterocycles. The van der Waals surface area contributed by atoms with Crippen LogP contribution in [0.3, 0.4) is 0 Å². The van der Waals surface area contributed by atoms with Gasteiger partial charge in [0.05, 0.1) is 12.3 Å². The smallest absolute Gasteiger partial charge is 0.399 e. The topological polar surface area (TPSA) is 144 Å². The second kappa shape index (κ2) is 9.82. The predicted octanol–water partition coefficient (Wildman–Crippen LogP) is -0.0555. The lowest BCUT2D eigenvalue weighted by Crippen LogP contribution is -2.40. The van der Waals surface area contributed by atoms with E-state index in [1.54, 1.807) is 6.07 Å². The van der Waals surface area contributed by atoms with Crippen molar-refractivity contribution in [1.82, 2.24) is 14.6 Å². The number of hydrogen-bond acceptors (Lipinski definition) is 8. The number of hydrogen-bond donors (Lipinski definition) is 4. The molecule has 0 spiro atoms. The minimum Gasteiger partial charge on any atom is -0.399 e. The van der Waals surface area contributed by atoms with E-state index in [-0.39, 0.29) is 11.5 Å². The van der Waals surface area contributed by atoms with Crippen LogP contribution in [-0.4, -0.2) is 44.8 Å². The van der Waals surface area contributed by atoms with E-state index < -0.39 is 48.2 Å². The molecule has 1 amide bonds. The summed E-state index contributed by atoms with van der Waals surface area (Å²) in [6, 6.07) is 4.22. The zero-order chi connectivity index (χ0) is 21.7. The fourth-order valence-corrected chi connectivity index (χ4v) is 2.58. The molecular formula is C16H18FIN4O7. The summed E-state index contributed by atoms with van der Waals surface area (Å²) >= 11 is 1.92. The van der Waals surface area contributed by atoms with Crippen LogP contribution >= 0.6 is 22.6 Å². The van der Waals surface area contributed by atoms with Gasteiger partial charge in [0.2, 0.25) is 5.75 Å². The minimum atomic E-state index is -1.24. The first-order chi connectivity index (χ1) is 13.6. The van der Waals surface area contributed by atoms with Gasteiger partial charge in [-0.1, -0.05) is 0 Å². The quantitative estimate of drug-likeness (QED) is 0.292. The van der Waals surface area contributed by atoms with Crippen LogP contribution < -0.4 is 26.8 Å². The van der Waals surface area contributed by atoms with Crippen molar-refractivity contribution in [2.45, 2.75) is 6.10 Å². The highest BCUT2D eigenvalue weighted by molar-refractivity contribution is 14.1. The average molecular weight is 524 g/mol. The van der Waals surface area contributed by atoms with Gasteiger partial charge in [0.25, 0.3) is 0 Å². The Morgan fingerprint density at radius 3 is 2.62 bits per heavy atom. The molecule has 158 valence electrons. The summed E-state index contributed by atoms with van der Waals surface area (Å²) in [5.74, 6) is -1.50. The summed E-state index contributed by atoms with van der Waals surface area (Å²) in [4.78, 5) is 41.2. The maximum atomic E-state index is 14.2. The third kappa shape index (κ3) is 5.53. The Morgan fingerprint density at radius 2 is 2.00 bits per heavy atom. The first-order valence-electron chi connectivity index (χ1n) is 8.06. The second-order valence-electron chi connectivity index (χ2n) is 5.77. The number of nitrogens with one attached hydrogen (secondary N) is 2. The Kier molecular flexibility index (Phi) is 7.72. The highest BCUT2D eigenvalue weighted by Crippen LogP contribution is 2.25. The molecule has 1 atom stereocenters. The third-order valence-corrected chi connectivity index (χ3v) is 4.32. The summed E-state index contributed by atoms with van der Waals surface area (Å²) in [5.41, 5.74) is 0.0727. The summed E-state index contributed by atoms with van der Waals surface area (Å²) in [5, 5.41) is 20.4. The predicted molar refractivity (Wildman–Crippen MR) is 108 cm³/mol. The minimum absolute atomic E-state index is 0.0544. The van der Waals surface area contributed by atoms with Crippen molar-refractivity contribution in [3.8, 4) is 5.75 Å². The molecule has 0 bridgehead atoms. The fourth-order valence-electron chi connectivity index (χ4n) is 2.13. The number of nitrogens with zero attached hydrogens (tertiary/aromatic N) is 2. The highest BCUT2D eigenvalue weighted by Gasteiger charge is 2.21. The Balaban J connectivity index is 2.36. The van der Waals surface area contributed by atoms with Gasteiger partial charge in [0, 0.05) is 17.7 Å². The summed E-state index contributed by atoms with van der Waals surface area (Å²) in [7, 11) is 2.48. The van der Waals surface area contributed by atoms with Gasteiger partial charge in [-0.2, -0.15) is 5.48 Å². The molecule has 2 rings (SSSR count). The Hall–Kier alpha value is -2.49. The van der Waals surface area contributed by atoms with Crippen molar-refractivity contribution in [3.63, 3.8) is 0 Å². The Bertz CT molecular complexity index is 1020. The van der Waals surface area contributed by atoms with Crippen LogP contribution in [-0.2, 0) is 18.9 Å². The molecule has 0 radical (unpaired) electrons. The van der Waals surface area contributed by atoms with E-state index in [0.29, 0.717) is 8.14 Å². The zero-order valence-electron chi connectivity index (χ0n) is 15.3. The highest BCUT2D eigenvalue weighted by atomic mass is 127. The van der Waals surface area contributed by atoms with Gasteiger partial charge in [-0.3, -0.25) is 18.8 Å². The third-order valence-electron chi connectivity index (χ3n) is 3.64. The van der Waals surface area contributed by atoms with E-state index in [0.717, 1.165) is 4.57 Å². The lowest BCUT2D eigenvalue weighted by atomic mass is 10.3. The zero-order valence-corrected chi connectivity index (χ0v) is 17.5. The van der Waals surface area contributed by atoms with Crippen molar-refractivity contribution in [2.24, 2.45) is 14.1 Å². The molecule has 0 aliphatic heterocycles. The van der Waals surface area contributed by atoms with Crippen LogP contribution in [0.4, 0.5) is 20.7 Å². The lowest BCUT2D eigenvalue weighted by molar-refractivity contribution is -0.0291. The maximum absolute atomic E-state index is 14.2. The summed E-state index contributed by atoms with van der Waals surface area (Å²) in [6.45, 7) is -1.02. The molecule has 0 unspecified atom stereocenters. The van der Waals surface area contributed by atoms with Gasteiger partial charge in [-0.05, 0) is 40.8 Å². The van der Waals surface area contributed by atoms with Gasteiger partial charge < -0.3 is 20.3 Å². The number of carbonyl (C=O) groups excluding carboxylic acids is 1. The number of halogens is 2. The molecule has 0 fully saturated rings.